The summed E-state index contributed by atoms with van der Waals surface area (Å²) in [7, 11) is 0. The van der Waals surface area contributed by atoms with E-state index in [0.717, 1.165) is 11.3 Å². The third-order valence-corrected chi connectivity index (χ3v) is 3.07. The number of nitrogen functional groups attached to an aromatic ring is 1. The highest BCUT2D eigenvalue weighted by Crippen LogP contribution is 2.33. The molecular formula is C13H14ClFN2. The molecule has 0 amide bonds. The van der Waals surface area contributed by atoms with Crippen LogP contribution in [0.3, 0.4) is 0 Å². The molecule has 1 heterocycles. The van der Waals surface area contributed by atoms with Crippen molar-refractivity contribution in [1.82, 2.24) is 4.98 Å². The Morgan fingerprint density at radius 2 is 2.00 bits per heavy atom. The molecule has 0 aliphatic rings. The van der Waals surface area contributed by atoms with Gasteiger partial charge in [-0.25, -0.2) is 9.37 Å². The van der Waals surface area contributed by atoms with Crippen molar-refractivity contribution in [1.29, 1.82) is 0 Å². The van der Waals surface area contributed by atoms with Gasteiger partial charge in [0.25, 0.3) is 0 Å². The van der Waals surface area contributed by atoms with Gasteiger partial charge >= 0.3 is 0 Å². The molecule has 1 aromatic heterocycles. The zero-order chi connectivity index (χ0) is 12.7. The van der Waals surface area contributed by atoms with Crippen molar-refractivity contribution < 1.29 is 4.39 Å². The van der Waals surface area contributed by atoms with Gasteiger partial charge in [0.05, 0.1) is 0 Å². The second-order valence-corrected chi connectivity index (χ2v) is 4.90. The number of halogens is 2. The largest absolute Gasteiger partial charge is 0.398 e. The lowest BCUT2D eigenvalue weighted by molar-refractivity contribution is 0.636. The molecule has 0 atom stereocenters. The van der Waals surface area contributed by atoms with Gasteiger partial charge in [-0.1, -0.05) is 25.4 Å². The number of hydrogen-bond acceptors (Lipinski definition) is 2. The van der Waals surface area contributed by atoms with Gasteiger partial charge in [-0.15, -0.1) is 0 Å². The number of rotatable bonds is 1. The Morgan fingerprint density at radius 1 is 1.35 bits per heavy atom. The van der Waals surface area contributed by atoms with E-state index >= 15 is 0 Å². The van der Waals surface area contributed by atoms with Crippen LogP contribution in [0, 0.1) is 12.7 Å². The molecule has 0 fully saturated rings. The van der Waals surface area contributed by atoms with Crippen LogP contribution in [-0.2, 0) is 0 Å². The summed E-state index contributed by atoms with van der Waals surface area (Å²) in [5.41, 5.74) is 8.68. The molecule has 90 valence electrons. The van der Waals surface area contributed by atoms with E-state index in [0.29, 0.717) is 16.1 Å². The van der Waals surface area contributed by atoms with Crippen LogP contribution < -0.4 is 5.73 Å². The minimum atomic E-state index is -0.433. The lowest BCUT2D eigenvalue weighted by Gasteiger charge is -2.15. The topological polar surface area (TPSA) is 38.9 Å². The van der Waals surface area contributed by atoms with Crippen molar-refractivity contribution in [2.24, 2.45) is 0 Å². The van der Waals surface area contributed by atoms with Crippen molar-refractivity contribution in [2.75, 3.05) is 5.73 Å². The number of pyridine rings is 1. The Hall–Kier alpha value is -1.35. The fourth-order valence-electron chi connectivity index (χ4n) is 2.18. The normalized spacial score (nSPS) is 11.4. The minimum absolute atomic E-state index is 0.244. The molecule has 2 nitrogen and oxygen atoms in total. The van der Waals surface area contributed by atoms with Crippen LogP contribution in [0.2, 0.25) is 5.02 Å². The van der Waals surface area contributed by atoms with E-state index in [1.54, 1.807) is 6.07 Å². The molecule has 0 aliphatic carbocycles. The fourth-order valence-corrected chi connectivity index (χ4v) is 2.39. The first-order valence-electron chi connectivity index (χ1n) is 5.46. The zero-order valence-electron chi connectivity index (χ0n) is 10.0. The van der Waals surface area contributed by atoms with Gasteiger partial charge < -0.3 is 5.73 Å². The van der Waals surface area contributed by atoms with E-state index in [4.69, 9.17) is 17.3 Å². The minimum Gasteiger partial charge on any atom is -0.398 e. The van der Waals surface area contributed by atoms with E-state index in [9.17, 15) is 4.39 Å². The average molecular weight is 253 g/mol. The first kappa shape index (κ1) is 12.1. The number of hydrogen-bond donors (Lipinski definition) is 1. The molecule has 17 heavy (non-hydrogen) atoms. The van der Waals surface area contributed by atoms with E-state index < -0.39 is 5.82 Å². The maximum Gasteiger partial charge on any atom is 0.150 e. The molecule has 0 bridgehead atoms. The summed E-state index contributed by atoms with van der Waals surface area (Å²) >= 11 is 5.84. The highest BCUT2D eigenvalue weighted by atomic mass is 35.5. The summed E-state index contributed by atoms with van der Waals surface area (Å²) in [6, 6.07) is 2.92. The second kappa shape index (κ2) is 4.15. The summed E-state index contributed by atoms with van der Waals surface area (Å²) < 4.78 is 13.7. The predicted molar refractivity (Wildman–Crippen MR) is 69.9 cm³/mol. The van der Waals surface area contributed by atoms with Crippen molar-refractivity contribution in [3.63, 3.8) is 0 Å². The lowest BCUT2D eigenvalue weighted by atomic mass is 9.97. The maximum absolute atomic E-state index is 13.7. The van der Waals surface area contributed by atoms with Crippen LogP contribution in [0.25, 0.3) is 10.9 Å². The number of aromatic nitrogens is 1. The molecule has 2 aromatic rings. The molecule has 0 saturated heterocycles. The third-order valence-electron chi connectivity index (χ3n) is 2.86. The molecule has 0 unspecified atom stereocenters. The number of benzene rings is 1. The predicted octanol–water partition coefficient (Wildman–Crippen LogP) is 4.04. The standard InChI is InChI=1S/C13H14ClFN2/c1-6(2)11-7(3)17-13-9(12(11)16)4-8(14)5-10(13)15/h4-6H,1-3H3,(H2,16,17). The highest BCUT2D eigenvalue weighted by molar-refractivity contribution is 6.31. The summed E-state index contributed by atoms with van der Waals surface area (Å²) in [4.78, 5) is 4.28. The van der Waals surface area contributed by atoms with E-state index in [1.807, 2.05) is 20.8 Å². The Kier molecular flexibility index (Phi) is 2.96. The molecule has 2 N–H and O–H groups in total. The monoisotopic (exact) mass is 252 g/mol. The van der Waals surface area contributed by atoms with Gasteiger partial charge in [0.1, 0.15) is 5.52 Å². The van der Waals surface area contributed by atoms with Gasteiger partial charge in [-0.2, -0.15) is 0 Å². The van der Waals surface area contributed by atoms with Crippen LogP contribution >= 0.6 is 11.6 Å². The Bertz CT molecular complexity index is 594. The van der Waals surface area contributed by atoms with Gasteiger partial charge in [0, 0.05) is 21.8 Å². The van der Waals surface area contributed by atoms with Crippen molar-refractivity contribution in [2.45, 2.75) is 26.7 Å². The first-order chi connectivity index (χ1) is 7.91. The fraction of sp³-hybridized carbons (Fsp3) is 0.308. The molecule has 2 rings (SSSR count). The van der Waals surface area contributed by atoms with Crippen LogP contribution in [0.5, 0.6) is 0 Å². The van der Waals surface area contributed by atoms with Crippen LogP contribution in [0.1, 0.15) is 31.0 Å². The Labute approximate surface area is 105 Å². The van der Waals surface area contributed by atoms with Crippen molar-refractivity contribution >= 4 is 28.2 Å². The maximum atomic E-state index is 13.7. The number of aryl methyl sites for hydroxylation is 1. The second-order valence-electron chi connectivity index (χ2n) is 4.46. The SMILES string of the molecule is Cc1nc2c(F)cc(Cl)cc2c(N)c1C(C)C. The number of nitrogens with two attached hydrogens (primary N) is 1. The first-order valence-corrected chi connectivity index (χ1v) is 5.84. The summed E-state index contributed by atoms with van der Waals surface area (Å²) in [6.07, 6.45) is 0. The molecule has 0 spiro atoms. The molecule has 0 radical (unpaired) electrons. The van der Waals surface area contributed by atoms with Crippen LogP contribution in [-0.4, -0.2) is 4.98 Å². The molecule has 1 aromatic carbocycles. The summed E-state index contributed by atoms with van der Waals surface area (Å²) in [5, 5.41) is 0.923. The Morgan fingerprint density at radius 3 is 2.59 bits per heavy atom. The van der Waals surface area contributed by atoms with E-state index in [2.05, 4.69) is 4.98 Å². The summed E-state index contributed by atoms with van der Waals surface area (Å²) in [5.74, 6) is -0.188. The molecular weight excluding hydrogens is 239 g/mol. The van der Waals surface area contributed by atoms with Crippen LogP contribution in [0.4, 0.5) is 10.1 Å². The highest BCUT2D eigenvalue weighted by Gasteiger charge is 2.15. The average Bonchev–Trinajstić information content (AvgIpc) is 2.19. The molecule has 0 saturated carbocycles. The number of anilines is 1. The Balaban J connectivity index is 2.92. The smallest absolute Gasteiger partial charge is 0.150 e. The molecule has 0 aliphatic heterocycles. The van der Waals surface area contributed by atoms with Crippen molar-refractivity contribution in [3.8, 4) is 0 Å². The van der Waals surface area contributed by atoms with Crippen LogP contribution in [0.15, 0.2) is 12.1 Å². The third kappa shape index (κ3) is 1.95. The van der Waals surface area contributed by atoms with Crippen molar-refractivity contribution in [3.05, 3.63) is 34.2 Å². The zero-order valence-corrected chi connectivity index (χ0v) is 10.8. The van der Waals surface area contributed by atoms with Gasteiger partial charge in [-0.3, -0.25) is 0 Å². The summed E-state index contributed by atoms with van der Waals surface area (Å²) in [6.45, 7) is 5.92. The number of nitrogens with zero attached hydrogens (tertiary/aromatic N) is 1. The lowest BCUT2D eigenvalue weighted by Crippen LogP contribution is -2.04. The van der Waals surface area contributed by atoms with E-state index in [1.165, 1.54) is 6.07 Å². The number of fused-ring (bicyclic) bond motifs is 1. The van der Waals surface area contributed by atoms with E-state index in [-0.39, 0.29) is 11.4 Å². The van der Waals surface area contributed by atoms with Gasteiger partial charge in [-0.05, 0) is 30.5 Å². The van der Waals surface area contributed by atoms with Gasteiger partial charge in [0.2, 0.25) is 0 Å². The quantitative estimate of drug-likeness (QED) is 0.832. The molecule has 4 heteroatoms. The van der Waals surface area contributed by atoms with Gasteiger partial charge in [0.15, 0.2) is 5.82 Å².